The molecule has 0 N–H and O–H groups in total. The minimum atomic E-state index is -4.68. The molecule has 4 aromatic heterocycles. The number of hydrogen-bond donors (Lipinski definition) is 0. The van der Waals surface area contributed by atoms with E-state index in [2.05, 4.69) is 111 Å². The van der Waals surface area contributed by atoms with Gasteiger partial charge in [-0.2, -0.15) is 18.4 Å². The molecular weight excluding hydrogens is 872 g/mol. The molecule has 0 aliphatic carbocycles. The molecule has 0 unspecified atom stereocenters. The van der Waals surface area contributed by atoms with Gasteiger partial charge in [-0.15, -0.1) is 0 Å². The first-order chi connectivity index (χ1) is 34.4. The van der Waals surface area contributed by atoms with Crippen molar-refractivity contribution in [3.05, 3.63) is 230 Å². The number of aromatic nitrogens is 4. The number of rotatable bonds is 5. The summed E-state index contributed by atoms with van der Waals surface area (Å²) in [4.78, 5) is 0. The summed E-state index contributed by atoms with van der Waals surface area (Å²) in [7, 11) is 0. The maximum absolute atomic E-state index is 15.4. The third-order valence-corrected chi connectivity index (χ3v) is 14.2. The Morgan fingerprint density at radius 2 is 0.657 bits per heavy atom. The van der Waals surface area contributed by atoms with Crippen LogP contribution in [0.2, 0.25) is 0 Å². The van der Waals surface area contributed by atoms with E-state index in [0.717, 1.165) is 105 Å². The number of benzene rings is 10. The number of nitrogens with zero attached hydrogens (tertiary/aromatic N) is 5. The first-order valence-electron chi connectivity index (χ1n) is 23.1. The first kappa shape index (κ1) is 39.8. The SMILES string of the molecule is N#Cc1cc(-n2c3ccccc3c3ccc(-n4c5ccccc5c5ccccc54)cc32)c(-c2ccccc2C(F)(F)F)cc1-n1c2ccccc2c2ccc(-n3c4ccccc4c4ccccc43)cc21. The second-order valence-corrected chi connectivity index (χ2v) is 17.9. The van der Waals surface area contributed by atoms with Crippen LogP contribution >= 0.6 is 0 Å². The van der Waals surface area contributed by atoms with Crippen molar-refractivity contribution in [1.29, 1.82) is 5.26 Å². The van der Waals surface area contributed by atoms with Crippen molar-refractivity contribution in [1.82, 2.24) is 18.3 Å². The molecule has 14 aromatic rings. The molecule has 0 aliphatic heterocycles. The van der Waals surface area contributed by atoms with Crippen molar-refractivity contribution in [2.75, 3.05) is 0 Å². The van der Waals surface area contributed by atoms with E-state index < -0.39 is 11.7 Å². The molecule has 0 aliphatic rings. The van der Waals surface area contributed by atoms with Crippen LogP contribution in [0.4, 0.5) is 13.2 Å². The average Bonchev–Trinajstić information content (AvgIpc) is 4.12. The number of halogens is 3. The Labute approximate surface area is 397 Å². The Morgan fingerprint density at radius 3 is 1.06 bits per heavy atom. The number of para-hydroxylation sites is 6. The summed E-state index contributed by atoms with van der Waals surface area (Å²) >= 11 is 0. The Hall–Kier alpha value is -9.32. The molecule has 0 saturated heterocycles. The van der Waals surface area contributed by atoms with Gasteiger partial charge >= 0.3 is 6.18 Å². The van der Waals surface area contributed by atoms with Gasteiger partial charge in [-0.25, -0.2) is 0 Å². The molecule has 330 valence electrons. The van der Waals surface area contributed by atoms with Crippen molar-refractivity contribution in [3.8, 4) is 39.9 Å². The summed E-state index contributed by atoms with van der Waals surface area (Å²) in [5, 5.41) is 19.7. The molecule has 14 rings (SSSR count). The molecule has 5 nitrogen and oxygen atoms in total. The molecule has 8 heteroatoms. The van der Waals surface area contributed by atoms with Crippen LogP contribution in [-0.4, -0.2) is 18.3 Å². The second-order valence-electron chi connectivity index (χ2n) is 17.9. The van der Waals surface area contributed by atoms with Crippen molar-refractivity contribution in [3.63, 3.8) is 0 Å². The summed E-state index contributed by atoms with van der Waals surface area (Å²) < 4.78 is 54.9. The van der Waals surface area contributed by atoms with Gasteiger partial charge in [-0.1, -0.05) is 140 Å². The van der Waals surface area contributed by atoms with E-state index in [4.69, 9.17) is 0 Å². The fraction of sp³-hybridized carbons (Fsp3) is 0.0161. The largest absolute Gasteiger partial charge is 0.417 e. The third-order valence-electron chi connectivity index (χ3n) is 14.2. The highest BCUT2D eigenvalue weighted by atomic mass is 19.4. The number of alkyl halides is 3. The van der Waals surface area contributed by atoms with Crippen LogP contribution in [0.5, 0.6) is 0 Å². The molecule has 0 saturated carbocycles. The fourth-order valence-corrected chi connectivity index (χ4v) is 11.3. The van der Waals surface area contributed by atoms with E-state index in [0.29, 0.717) is 22.5 Å². The van der Waals surface area contributed by atoms with Crippen molar-refractivity contribution >= 4 is 87.2 Å². The third kappa shape index (κ3) is 5.66. The van der Waals surface area contributed by atoms with Gasteiger partial charge < -0.3 is 18.3 Å². The molecule has 0 atom stereocenters. The predicted molar refractivity (Wildman–Crippen MR) is 279 cm³/mol. The zero-order chi connectivity index (χ0) is 46.8. The van der Waals surface area contributed by atoms with Crippen molar-refractivity contribution < 1.29 is 13.2 Å². The molecular formula is C62H36F3N5. The molecule has 0 amide bonds. The Morgan fingerprint density at radius 1 is 0.314 bits per heavy atom. The molecule has 70 heavy (non-hydrogen) atoms. The number of hydrogen-bond acceptors (Lipinski definition) is 1. The predicted octanol–water partition coefficient (Wildman–Crippen LogP) is 16.6. The lowest BCUT2D eigenvalue weighted by atomic mass is 9.95. The summed E-state index contributed by atoms with van der Waals surface area (Å²) in [6.45, 7) is 0. The molecule has 0 spiro atoms. The van der Waals surface area contributed by atoms with Gasteiger partial charge in [0.05, 0.1) is 66.6 Å². The zero-order valence-corrected chi connectivity index (χ0v) is 37.2. The quantitative estimate of drug-likeness (QED) is 0.170. The van der Waals surface area contributed by atoms with Crippen LogP contribution in [0.15, 0.2) is 218 Å². The Bertz CT molecular complexity index is 4450. The van der Waals surface area contributed by atoms with Gasteiger partial charge in [0.25, 0.3) is 0 Å². The van der Waals surface area contributed by atoms with Gasteiger partial charge in [-0.05, 0) is 84.4 Å². The standard InChI is InChI=1S/C62H36F3N5/c63-62(64,65)51-22-8-1-15-41(51)50-36-58(69-56-27-13-6-20-46(56)48-31-29-39(34-60(48)69)67-52-23-9-2-16-42(52)43-17-3-10-24-53(43)67)38(37-66)33-59(50)70-57-28-14-7-21-47(57)49-32-30-40(35-61(49)70)68-54-25-11-4-18-44(54)45-19-5-12-26-55(45)68/h1-36H. The van der Waals surface area contributed by atoms with Crippen LogP contribution in [0.3, 0.4) is 0 Å². The van der Waals surface area contributed by atoms with Crippen LogP contribution in [0.1, 0.15) is 11.1 Å². The van der Waals surface area contributed by atoms with Crippen molar-refractivity contribution in [2.24, 2.45) is 0 Å². The van der Waals surface area contributed by atoms with Crippen LogP contribution in [-0.2, 0) is 6.18 Å². The molecule has 0 bridgehead atoms. The van der Waals surface area contributed by atoms with Gasteiger partial charge in [-0.3, -0.25) is 0 Å². The van der Waals surface area contributed by atoms with Gasteiger partial charge in [0.1, 0.15) is 6.07 Å². The van der Waals surface area contributed by atoms with E-state index in [1.165, 1.54) is 6.07 Å². The fourth-order valence-electron chi connectivity index (χ4n) is 11.3. The summed E-state index contributed by atoms with van der Waals surface area (Å²) in [5.74, 6) is 0. The lowest BCUT2D eigenvalue weighted by Gasteiger charge is -2.21. The monoisotopic (exact) mass is 907 g/mol. The zero-order valence-electron chi connectivity index (χ0n) is 37.2. The molecule has 0 radical (unpaired) electrons. The molecule has 4 heterocycles. The summed E-state index contributed by atoms with van der Waals surface area (Å²) in [5.41, 5.74) is 9.99. The van der Waals surface area contributed by atoms with Crippen LogP contribution in [0, 0.1) is 11.3 Å². The lowest BCUT2D eigenvalue weighted by Crippen LogP contribution is -2.09. The minimum absolute atomic E-state index is 0.00644. The second kappa shape index (κ2) is 14.8. The normalized spacial score (nSPS) is 12.2. The summed E-state index contributed by atoms with van der Waals surface area (Å²) in [6, 6.07) is 73.9. The Balaban J connectivity index is 1.09. The van der Waals surface area contributed by atoms with E-state index in [1.54, 1.807) is 24.3 Å². The van der Waals surface area contributed by atoms with Crippen LogP contribution < -0.4 is 0 Å². The highest BCUT2D eigenvalue weighted by Gasteiger charge is 2.35. The first-order valence-corrected chi connectivity index (χ1v) is 23.1. The highest BCUT2D eigenvalue weighted by Crippen LogP contribution is 2.46. The smallest absolute Gasteiger partial charge is 0.309 e. The van der Waals surface area contributed by atoms with E-state index in [9.17, 15) is 5.26 Å². The Kier molecular flexibility index (Phi) is 8.44. The maximum atomic E-state index is 15.4. The lowest BCUT2D eigenvalue weighted by molar-refractivity contribution is -0.137. The average molecular weight is 908 g/mol. The van der Waals surface area contributed by atoms with Crippen LogP contribution in [0.25, 0.3) is 121 Å². The van der Waals surface area contributed by atoms with Gasteiger partial charge in [0, 0.05) is 60.0 Å². The number of fused-ring (bicyclic) bond motifs is 12. The molecule has 0 fully saturated rings. The maximum Gasteiger partial charge on any atom is 0.417 e. The van der Waals surface area contributed by atoms with Gasteiger partial charge in [0.2, 0.25) is 0 Å². The minimum Gasteiger partial charge on any atom is -0.309 e. The van der Waals surface area contributed by atoms with Crippen molar-refractivity contribution in [2.45, 2.75) is 6.18 Å². The van der Waals surface area contributed by atoms with Gasteiger partial charge in [0.15, 0.2) is 0 Å². The van der Waals surface area contributed by atoms with E-state index in [-0.39, 0.29) is 5.56 Å². The number of nitriles is 1. The summed E-state index contributed by atoms with van der Waals surface area (Å²) in [6.07, 6.45) is -4.68. The van der Waals surface area contributed by atoms with E-state index >= 15 is 13.2 Å². The molecule has 10 aromatic carbocycles. The highest BCUT2D eigenvalue weighted by molar-refractivity contribution is 6.14. The van der Waals surface area contributed by atoms with E-state index in [1.807, 2.05) is 95.6 Å². The topological polar surface area (TPSA) is 43.5 Å².